The van der Waals surface area contributed by atoms with Crippen LogP contribution in [0.2, 0.25) is 10.0 Å². The Hall–Kier alpha value is -1.54. The van der Waals surface area contributed by atoms with Crippen molar-refractivity contribution < 1.29 is 17.6 Å². The first-order valence-electron chi connectivity index (χ1n) is 7.25. The minimum Gasteiger partial charge on any atom is -0.438 e. The second kappa shape index (κ2) is 6.76. The molecule has 1 aliphatic rings. The Labute approximate surface area is 149 Å². The summed E-state index contributed by atoms with van der Waals surface area (Å²) in [5.41, 5.74) is 0.314. The van der Waals surface area contributed by atoms with Gasteiger partial charge in [0.25, 0.3) is 15.9 Å². The number of rotatable bonds is 4. The van der Waals surface area contributed by atoms with Crippen molar-refractivity contribution in [2.24, 2.45) is 0 Å². The van der Waals surface area contributed by atoms with Crippen LogP contribution in [0.15, 0.2) is 39.8 Å². The second-order valence-corrected chi connectivity index (χ2v) is 7.94. The molecule has 0 radical (unpaired) electrons. The zero-order valence-corrected chi connectivity index (χ0v) is 14.8. The molecule has 0 saturated carbocycles. The van der Waals surface area contributed by atoms with Crippen LogP contribution in [0.1, 0.15) is 23.4 Å². The highest BCUT2D eigenvalue weighted by atomic mass is 35.5. The Morgan fingerprint density at radius 2 is 1.83 bits per heavy atom. The minimum absolute atomic E-state index is 0.121. The van der Waals surface area contributed by atoms with Gasteiger partial charge in [-0.05, 0) is 37.1 Å². The molecule has 9 heteroatoms. The fourth-order valence-electron chi connectivity index (χ4n) is 2.42. The summed E-state index contributed by atoms with van der Waals surface area (Å²) in [6, 6.07) is 7.40. The normalized spacial score (nSPS) is 15.6. The number of carbonyl (C=O) groups excluding carboxylic acids is 1. The molecule has 2 aromatic rings. The van der Waals surface area contributed by atoms with Crippen molar-refractivity contribution in [3.63, 3.8) is 0 Å². The maximum atomic E-state index is 12.4. The Morgan fingerprint density at radius 1 is 1.12 bits per heavy atom. The van der Waals surface area contributed by atoms with Gasteiger partial charge in [-0.25, -0.2) is 8.42 Å². The summed E-state index contributed by atoms with van der Waals surface area (Å²) in [6.07, 6.45) is 1.64. The van der Waals surface area contributed by atoms with E-state index in [1.165, 1.54) is 16.4 Å². The van der Waals surface area contributed by atoms with Crippen molar-refractivity contribution in [3.8, 4) is 0 Å². The number of furan rings is 1. The zero-order valence-electron chi connectivity index (χ0n) is 12.5. The van der Waals surface area contributed by atoms with E-state index >= 15 is 0 Å². The molecule has 6 nitrogen and oxygen atoms in total. The van der Waals surface area contributed by atoms with Crippen LogP contribution in [0.5, 0.6) is 0 Å². The van der Waals surface area contributed by atoms with Crippen LogP contribution in [-0.2, 0) is 10.0 Å². The van der Waals surface area contributed by atoms with Gasteiger partial charge in [0.1, 0.15) is 0 Å². The number of anilines is 1. The maximum absolute atomic E-state index is 12.4. The molecule has 3 rings (SSSR count). The Morgan fingerprint density at radius 3 is 2.54 bits per heavy atom. The van der Waals surface area contributed by atoms with E-state index in [-0.39, 0.29) is 15.9 Å². The fourth-order valence-corrected chi connectivity index (χ4v) is 4.20. The molecule has 2 heterocycles. The number of halogens is 2. The van der Waals surface area contributed by atoms with Gasteiger partial charge in [0.2, 0.25) is 5.09 Å². The molecule has 1 aliphatic heterocycles. The first-order chi connectivity index (χ1) is 11.4. The van der Waals surface area contributed by atoms with Crippen LogP contribution in [0.25, 0.3) is 0 Å². The molecule has 24 heavy (non-hydrogen) atoms. The summed E-state index contributed by atoms with van der Waals surface area (Å²) < 4.78 is 31.4. The lowest BCUT2D eigenvalue weighted by Crippen LogP contribution is -2.27. The number of carbonyl (C=O) groups is 1. The minimum atomic E-state index is -3.70. The van der Waals surface area contributed by atoms with Gasteiger partial charge >= 0.3 is 0 Å². The largest absolute Gasteiger partial charge is 0.438 e. The van der Waals surface area contributed by atoms with Gasteiger partial charge in [-0.1, -0.05) is 29.3 Å². The van der Waals surface area contributed by atoms with Gasteiger partial charge in [-0.3, -0.25) is 4.79 Å². The Kier molecular flexibility index (Phi) is 4.87. The summed E-state index contributed by atoms with van der Waals surface area (Å²) in [5.74, 6) is -0.731. The van der Waals surface area contributed by atoms with Crippen LogP contribution in [-0.4, -0.2) is 31.7 Å². The van der Waals surface area contributed by atoms with Gasteiger partial charge in [0, 0.05) is 13.1 Å². The van der Waals surface area contributed by atoms with Gasteiger partial charge in [0.05, 0.1) is 15.7 Å². The quantitative estimate of drug-likeness (QED) is 0.866. The monoisotopic (exact) mass is 388 g/mol. The lowest BCUT2D eigenvalue weighted by Gasteiger charge is -2.12. The summed E-state index contributed by atoms with van der Waals surface area (Å²) in [4.78, 5) is 12.2. The van der Waals surface area contributed by atoms with Crippen molar-refractivity contribution in [2.75, 3.05) is 18.4 Å². The number of hydrogen-bond acceptors (Lipinski definition) is 4. The van der Waals surface area contributed by atoms with E-state index in [1.807, 2.05) is 0 Å². The molecule has 0 spiro atoms. The Balaban J connectivity index is 1.80. The van der Waals surface area contributed by atoms with Gasteiger partial charge < -0.3 is 9.73 Å². The molecule has 1 saturated heterocycles. The Bertz CT molecular complexity index is 873. The van der Waals surface area contributed by atoms with Gasteiger partial charge in [0.15, 0.2) is 5.76 Å². The van der Waals surface area contributed by atoms with E-state index in [2.05, 4.69) is 5.32 Å². The molecule has 1 amide bonds. The van der Waals surface area contributed by atoms with Crippen molar-refractivity contribution in [1.82, 2.24) is 4.31 Å². The predicted octanol–water partition coefficient (Wildman–Crippen LogP) is 3.62. The third-order valence-corrected chi connectivity index (χ3v) is 6.26. The molecule has 128 valence electrons. The second-order valence-electron chi connectivity index (χ2n) is 5.29. The standard InChI is InChI=1S/C15H14Cl2N2O4S/c16-10-4-3-5-11(14(10)17)18-15(20)12-6-7-13(23-12)24(21,22)19-8-1-2-9-19/h3-7H,1-2,8-9H2,(H,18,20). The molecule has 0 bridgehead atoms. The zero-order chi connectivity index (χ0) is 17.3. The summed E-state index contributed by atoms with van der Waals surface area (Å²) in [5, 5.41) is 2.80. The third kappa shape index (κ3) is 3.30. The first kappa shape index (κ1) is 17.3. The first-order valence-corrected chi connectivity index (χ1v) is 9.44. The number of hydrogen-bond donors (Lipinski definition) is 1. The average molecular weight is 389 g/mol. The molecule has 1 aromatic heterocycles. The maximum Gasteiger partial charge on any atom is 0.291 e. The van der Waals surface area contributed by atoms with Crippen LogP contribution in [0.4, 0.5) is 5.69 Å². The number of nitrogens with zero attached hydrogens (tertiary/aromatic N) is 1. The van der Waals surface area contributed by atoms with E-state index in [9.17, 15) is 13.2 Å². The molecule has 1 aromatic carbocycles. The van der Waals surface area contributed by atoms with E-state index in [1.54, 1.807) is 18.2 Å². The van der Waals surface area contributed by atoms with E-state index in [4.69, 9.17) is 27.6 Å². The lowest BCUT2D eigenvalue weighted by molar-refractivity contribution is 0.0991. The number of sulfonamides is 1. The van der Waals surface area contributed by atoms with Crippen molar-refractivity contribution in [3.05, 3.63) is 46.1 Å². The van der Waals surface area contributed by atoms with Crippen LogP contribution < -0.4 is 5.32 Å². The summed E-state index contributed by atoms with van der Waals surface area (Å²) in [6.45, 7) is 0.922. The van der Waals surface area contributed by atoms with E-state index in [0.717, 1.165) is 12.8 Å². The number of nitrogens with one attached hydrogen (secondary N) is 1. The van der Waals surface area contributed by atoms with Crippen molar-refractivity contribution >= 4 is 44.8 Å². The van der Waals surface area contributed by atoms with Crippen LogP contribution >= 0.6 is 23.2 Å². The van der Waals surface area contributed by atoms with Crippen LogP contribution in [0, 0.1) is 0 Å². The average Bonchev–Trinajstić information content (AvgIpc) is 3.22. The molecular formula is C15H14Cl2N2O4S. The van der Waals surface area contributed by atoms with Crippen molar-refractivity contribution in [2.45, 2.75) is 17.9 Å². The smallest absolute Gasteiger partial charge is 0.291 e. The molecule has 0 unspecified atom stereocenters. The molecule has 1 N–H and O–H groups in total. The van der Waals surface area contributed by atoms with Crippen molar-refractivity contribution in [1.29, 1.82) is 0 Å². The predicted molar refractivity (Wildman–Crippen MR) is 91.1 cm³/mol. The molecule has 0 atom stereocenters. The fraction of sp³-hybridized carbons (Fsp3) is 0.267. The molecule has 0 aliphatic carbocycles. The topological polar surface area (TPSA) is 79.6 Å². The lowest BCUT2D eigenvalue weighted by atomic mass is 10.3. The van der Waals surface area contributed by atoms with Gasteiger partial charge in [-0.2, -0.15) is 4.31 Å². The number of benzene rings is 1. The van der Waals surface area contributed by atoms with Gasteiger partial charge in [-0.15, -0.1) is 0 Å². The summed E-state index contributed by atoms with van der Waals surface area (Å²) in [7, 11) is -3.70. The molecular weight excluding hydrogens is 375 g/mol. The van der Waals surface area contributed by atoms with E-state index in [0.29, 0.717) is 23.8 Å². The summed E-state index contributed by atoms with van der Waals surface area (Å²) >= 11 is 11.9. The van der Waals surface area contributed by atoms with E-state index < -0.39 is 15.9 Å². The van der Waals surface area contributed by atoms with Crippen LogP contribution in [0.3, 0.4) is 0 Å². The SMILES string of the molecule is O=C(Nc1cccc(Cl)c1Cl)c1ccc(S(=O)(=O)N2CCCC2)o1. The highest BCUT2D eigenvalue weighted by Crippen LogP contribution is 2.30. The highest BCUT2D eigenvalue weighted by Gasteiger charge is 2.30. The molecule has 1 fully saturated rings. The third-order valence-electron chi connectivity index (χ3n) is 3.66. The number of amides is 1. The highest BCUT2D eigenvalue weighted by molar-refractivity contribution is 7.89.